The molecule has 10 heteroatoms. The number of thiocarbonyl (C=S) groups is 1. The molecule has 0 saturated heterocycles. The van der Waals surface area contributed by atoms with Gasteiger partial charge in [-0.05, 0) is 55.9 Å². The average Bonchev–Trinajstić information content (AvgIpc) is 3.16. The normalized spacial score (nSPS) is 11.6. The predicted octanol–water partition coefficient (Wildman–Crippen LogP) is 1.66. The fourth-order valence-electron chi connectivity index (χ4n) is 2.54. The molecule has 3 N–H and O–H groups in total. The Hall–Kier alpha value is -2.59. The Bertz CT molecular complexity index is 954. The second kappa shape index (κ2) is 8.61. The van der Waals surface area contributed by atoms with E-state index in [0.717, 1.165) is 0 Å². The van der Waals surface area contributed by atoms with Gasteiger partial charge < -0.3 is 19.8 Å². The molecule has 1 amide bonds. The van der Waals surface area contributed by atoms with E-state index in [1.807, 2.05) is 13.8 Å². The molecular weight excluding hydrogens is 402 g/mol. The van der Waals surface area contributed by atoms with E-state index in [9.17, 15) is 13.2 Å². The molecule has 0 atom stereocenters. The minimum Gasteiger partial charge on any atom is -0.495 e. The van der Waals surface area contributed by atoms with Crippen LogP contribution in [-0.2, 0) is 26.8 Å². The van der Waals surface area contributed by atoms with E-state index < -0.39 is 15.6 Å². The third-order valence-electron chi connectivity index (χ3n) is 3.93. The molecule has 28 heavy (non-hydrogen) atoms. The van der Waals surface area contributed by atoms with Gasteiger partial charge in [-0.25, -0.2) is 8.42 Å². The van der Waals surface area contributed by atoms with Gasteiger partial charge in [0.15, 0.2) is 5.11 Å². The van der Waals surface area contributed by atoms with Crippen LogP contribution in [0.15, 0.2) is 45.9 Å². The van der Waals surface area contributed by atoms with Crippen molar-refractivity contribution in [1.29, 1.82) is 0 Å². The molecule has 1 aromatic heterocycles. The Balaban J connectivity index is 2.23. The molecule has 152 valence electrons. The van der Waals surface area contributed by atoms with Crippen LogP contribution < -0.4 is 20.1 Å². The second-order valence-corrected chi connectivity index (χ2v) is 8.56. The summed E-state index contributed by atoms with van der Waals surface area (Å²) in [5.74, 6) is 0.476. The van der Waals surface area contributed by atoms with Crippen LogP contribution in [0.5, 0.6) is 5.75 Å². The fourth-order valence-corrected chi connectivity index (χ4v) is 4.05. The maximum atomic E-state index is 12.6. The summed E-state index contributed by atoms with van der Waals surface area (Å²) in [6, 6.07) is 8.03. The van der Waals surface area contributed by atoms with E-state index in [1.54, 1.807) is 18.2 Å². The van der Waals surface area contributed by atoms with E-state index in [0.29, 0.717) is 11.3 Å². The highest BCUT2D eigenvalue weighted by Crippen LogP contribution is 2.26. The van der Waals surface area contributed by atoms with Crippen molar-refractivity contribution in [2.45, 2.75) is 30.7 Å². The first-order valence-corrected chi connectivity index (χ1v) is 10.2. The van der Waals surface area contributed by atoms with Crippen molar-refractivity contribution in [2.75, 3.05) is 14.2 Å². The van der Waals surface area contributed by atoms with Crippen molar-refractivity contribution >= 4 is 33.3 Å². The number of rotatable bonds is 7. The lowest BCUT2D eigenvalue weighted by molar-refractivity contribution is -0.122. The van der Waals surface area contributed by atoms with Gasteiger partial charge in [-0.1, -0.05) is 6.07 Å². The van der Waals surface area contributed by atoms with Crippen molar-refractivity contribution in [2.24, 2.45) is 0 Å². The molecule has 0 fully saturated rings. The molecule has 1 aromatic carbocycles. The third-order valence-corrected chi connectivity index (χ3v) is 5.73. The minimum atomic E-state index is -3.97. The van der Waals surface area contributed by atoms with Gasteiger partial charge in [0, 0.05) is 7.05 Å². The summed E-state index contributed by atoms with van der Waals surface area (Å²) in [6.07, 6.45) is 1.51. The zero-order chi connectivity index (χ0) is 20.9. The molecule has 0 spiro atoms. The van der Waals surface area contributed by atoms with Crippen LogP contribution in [0.2, 0.25) is 0 Å². The standard InChI is InChI=1S/C18H23N3O5S2/c1-18(2,15-6-5-9-26-15)20-16(22)11-12-7-8-13(25-4)14(10-12)28(23,24)21-17(27)19-3/h5-10H,11H2,1-4H3,(H,20,22)(H2,19,21,27). The minimum absolute atomic E-state index is 0.0207. The molecule has 1 heterocycles. The molecule has 0 unspecified atom stereocenters. The highest BCUT2D eigenvalue weighted by molar-refractivity contribution is 7.92. The fraction of sp³-hybridized carbons (Fsp3) is 0.333. The zero-order valence-corrected chi connectivity index (χ0v) is 17.7. The summed E-state index contributed by atoms with van der Waals surface area (Å²) >= 11 is 4.87. The SMILES string of the molecule is CNC(=S)NS(=O)(=O)c1cc(CC(=O)NC(C)(C)c2ccco2)ccc1OC. The lowest BCUT2D eigenvalue weighted by Gasteiger charge is -2.24. The van der Waals surface area contributed by atoms with Crippen LogP contribution in [0, 0.1) is 0 Å². The average molecular weight is 426 g/mol. The Morgan fingerprint density at radius 2 is 2.00 bits per heavy atom. The molecule has 2 aromatic rings. The summed E-state index contributed by atoms with van der Waals surface area (Å²) in [7, 11) is -1.10. The quantitative estimate of drug-likeness (QED) is 0.579. The number of nitrogens with one attached hydrogen (secondary N) is 3. The molecule has 2 rings (SSSR count). The summed E-state index contributed by atoms with van der Waals surface area (Å²) in [5.41, 5.74) is -0.202. The van der Waals surface area contributed by atoms with Gasteiger partial charge >= 0.3 is 0 Å². The second-order valence-electron chi connectivity index (χ2n) is 6.50. The third kappa shape index (κ3) is 5.23. The molecule has 0 aliphatic rings. The number of hydrogen-bond donors (Lipinski definition) is 3. The number of carbonyl (C=O) groups excluding carboxylic acids is 1. The lowest BCUT2D eigenvalue weighted by Crippen LogP contribution is -2.41. The largest absolute Gasteiger partial charge is 0.495 e. The Labute approximate surface area is 169 Å². The Morgan fingerprint density at radius 1 is 1.29 bits per heavy atom. The molecule has 0 aliphatic carbocycles. The summed E-state index contributed by atoms with van der Waals surface area (Å²) in [5, 5.41) is 5.37. The first kappa shape index (κ1) is 21.7. The number of ether oxygens (including phenoxy) is 1. The van der Waals surface area contributed by atoms with Gasteiger partial charge in [-0.2, -0.15) is 0 Å². The van der Waals surface area contributed by atoms with E-state index in [1.165, 1.54) is 32.6 Å². The highest BCUT2D eigenvalue weighted by Gasteiger charge is 2.26. The van der Waals surface area contributed by atoms with E-state index in [4.69, 9.17) is 21.4 Å². The van der Waals surface area contributed by atoms with Gasteiger partial charge in [-0.15, -0.1) is 0 Å². The summed E-state index contributed by atoms with van der Waals surface area (Å²) in [6.45, 7) is 3.63. The van der Waals surface area contributed by atoms with Gasteiger partial charge in [0.1, 0.15) is 16.4 Å². The van der Waals surface area contributed by atoms with Crippen LogP contribution >= 0.6 is 12.2 Å². The van der Waals surface area contributed by atoms with E-state index in [-0.39, 0.29) is 28.1 Å². The monoisotopic (exact) mass is 425 g/mol. The van der Waals surface area contributed by atoms with Crippen LogP contribution in [0.3, 0.4) is 0 Å². The van der Waals surface area contributed by atoms with E-state index >= 15 is 0 Å². The van der Waals surface area contributed by atoms with Crippen molar-refractivity contribution in [1.82, 2.24) is 15.4 Å². The topological polar surface area (TPSA) is 110 Å². The first-order valence-electron chi connectivity index (χ1n) is 8.35. The molecule has 8 nitrogen and oxygen atoms in total. The maximum Gasteiger partial charge on any atom is 0.267 e. The van der Waals surface area contributed by atoms with Crippen molar-refractivity contribution < 1.29 is 22.4 Å². The van der Waals surface area contributed by atoms with Crippen molar-refractivity contribution in [3.05, 3.63) is 47.9 Å². The number of carbonyl (C=O) groups is 1. The number of methoxy groups -OCH3 is 1. The number of benzene rings is 1. The highest BCUT2D eigenvalue weighted by atomic mass is 32.2. The Morgan fingerprint density at radius 3 is 2.57 bits per heavy atom. The molecular formula is C18H23N3O5S2. The van der Waals surface area contributed by atoms with Crippen LogP contribution in [0.25, 0.3) is 0 Å². The maximum absolute atomic E-state index is 12.6. The van der Waals surface area contributed by atoms with Gasteiger partial charge in [0.05, 0.1) is 25.3 Å². The first-order chi connectivity index (χ1) is 13.1. The zero-order valence-electron chi connectivity index (χ0n) is 16.0. The number of hydrogen-bond acceptors (Lipinski definition) is 6. The number of furan rings is 1. The molecule has 0 bridgehead atoms. The van der Waals surface area contributed by atoms with Gasteiger partial charge in [0.2, 0.25) is 5.91 Å². The van der Waals surface area contributed by atoms with Gasteiger partial charge in [0.25, 0.3) is 10.0 Å². The molecule has 0 saturated carbocycles. The van der Waals surface area contributed by atoms with E-state index in [2.05, 4.69) is 15.4 Å². The van der Waals surface area contributed by atoms with Crippen molar-refractivity contribution in [3.63, 3.8) is 0 Å². The molecule has 0 aliphatic heterocycles. The summed E-state index contributed by atoms with van der Waals surface area (Å²) in [4.78, 5) is 12.4. The molecule has 0 radical (unpaired) electrons. The number of amides is 1. The smallest absolute Gasteiger partial charge is 0.267 e. The summed E-state index contributed by atoms with van der Waals surface area (Å²) < 4.78 is 37.9. The number of sulfonamides is 1. The van der Waals surface area contributed by atoms with Gasteiger partial charge in [-0.3, -0.25) is 9.52 Å². The van der Waals surface area contributed by atoms with Crippen LogP contribution in [-0.4, -0.2) is 33.6 Å². The predicted molar refractivity (Wildman–Crippen MR) is 109 cm³/mol. The van der Waals surface area contributed by atoms with Crippen LogP contribution in [0.1, 0.15) is 25.2 Å². The lowest BCUT2D eigenvalue weighted by atomic mass is 10.0. The Kier molecular flexibility index (Phi) is 6.68. The van der Waals surface area contributed by atoms with Crippen LogP contribution in [0.4, 0.5) is 0 Å². The van der Waals surface area contributed by atoms with Crippen molar-refractivity contribution in [3.8, 4) is 5.75 Å².